The van der Waals surface area contributed by atoms with Crippen molar-refractivity contribution in [1.29, 1.82) is 0 Å². The second-order valence-electron chi connectivity index (χ2n) is 5.17. The number of aromatic nitrogens is 1. The Morgan fingerprint density at radius 3 is 2.75 bits per heavy atom. The summed E-state index contributed by atoms with van der Waals surface area (Å²) in [6.45, 7) is 0.690. The van der Waals surface area contributed by atoms with E-state index in [-0.39, 0.29) is 11.5 Å². The Bertz CT molecular complexity index is 882. The number of benzene rings is 2. The van der Waals surface area contributed by atoms with Crippen molar-refractivity contribution < 1.29 is 0 Å². The maximum atomic E-state index is 12.1. The summed E-state index contributed by atoms with van der Waals surface area (Å²) in [4.78, 5) is 12.1. The lowest BCUT2D eigenvalue weighted by Crippen LogP contribution is -2.17. The Kier molecular flexibility index (Phi) is 2.48. The third kappa shape index (κ3) is 1.61. The highest BCUT2D eigenvalue weighted by molar-refractivity contribution is 6.30. The molecule has 1 unspecified atom stereocenters. The fourth-order valence-electron chi connectivity index (χ4n) is 3.14. The van der Waals surface area contributed by atoms with Crippen molar-refractivity contribution in [3.63, 3.8) is 0 Å². The van der Waals surface area contributed by atoms with Crippen LogP contribution in [0.1, 0.15) is 17.0 Å². The van der Waals surface area contributed by atoms with Crippen LogP contribution in [0.25, 0.3) is 10.9 Å². The molecule has 0 N–H and O–H groups in total. The zero-order valence-corrected chi connectivity index (χ0v) is 11.5. The third-order valence-corrected chi connectivity index (χ3v) is 4.27. The van der Waals surface area contributed by atoms with Gasteiger partial charge in [0, 0.05) is 23.6 Å². The molecule has 2 heterocycles. The second-order valence-corrected chi connectivity index (χ2v) is 5.61. The minimum atomic E-state index is 0.0643. The van der Waals surface area contributed by atoms with E-state index in [9.17, 15) is 4.79 Å². The molecule has 20 heavy (non-hydrogen) atoms. The van der Waals surface area contributed by atoms with Crippen molar-refractivity contribution in [2.75, 3.05) is 0 Å². The van der Waals surface area contributed by atoms with Crippen LogP contribution < -0.4 is 5.56 Å². The second kappa shape index (κ2) is 4.22. The van der Waals surface area contributed by atoms with Gasteiger partial charge in [-0.25, -0.2) is 0 Å². The molecule has 0 saturated heterocycles. The van der Waals surface area contributed by atoms with Gasteiger partial charge in [-0.3, -0.25) is 4.79 Å². The Morgan fingerprint density at radius 1 is 1.05 bits per heavy atom. The van der Waals surface area contributed by atoms with Gasteiger partial charge in [-0.05, 0) is 34.7 Å². The molecular weight excluding hydrogens is 270 g/mol. The van der Waals surface area contributed by atoms with Gasteiger partial charge in [0.15, 0.2) is 0 Å². The van der Waals surface area contributed by atoms with Gasteiger partial charge in [0.1, 0.15) is 0 Å². The minimum absolute atomic E-state index is 0.0643. The van der Waals surface area contributed by atoms with E-state index in [2.05, 4.69) is 24.3 Å². The molecule has 2 aromatic carbocycles. The maximum absolute atomic E-state index is 12.1. The Labute approximate surface area is 121 Å². The van der Waals surface area contributed by atoms with Gasteiger partial charge in [0.2, 0.25) is 0 Å². The molecular formula is C17H12ClNO. The number of hydrogen-bond acceptors (Lipinski definition) is 1. The monoisotopic (exact) mass is 281 g/mol. The van der Waals surface area contributed by atoms with Crippen LogP contribution in [0.2, 0.25) is 5.02 Å². The molecule has 1 aliphatic rings. The summed E-state index contributed by atoms with van der Waals surface area (Å²) >= 11 is 6.10. The predicted molar refractivity (Wildman–Crippen MR) is 81.5 cm³/mol. The number of nitrogens with zero attached hydrogens (tertiary/aromatic N) is 1. The predicted octanol–water partition coefficient (Wildman–Crippen LogP) is 3.80. The summed E-state index contributed by atoms with van der Waals surface area (Å²) in [5.41, 5.74) is 3.50. The Hall–Kier alpha value is -2.06. The molecule has 2 nitrogen and oxygen atoms in total. The smallest absolute Gasteiger partial charge is 0.251 e. The van der Waals surface area contributed by atoms with Crippen LogP contribution in [-0.2, 0) is 6.54 Å². The SMILES string of the molecule is O=c1ccc2cccc3c2n1CC3c1cccc(Cl)c1. The molecule has 0 aliphatic carbocycles. The summed E-state index contributed by atoms with van der Waals surface area (Å²) in [7, 11) is 0. The highest BCUT2D eigenvalue weighted by Gasteiger charge is 2.26. The lowest BCUT2D eigenvalue weighted by atomic mass is 9.92. The largest absolute Gasteiger partial charge is 0.307 e. The van der Waals surface area contributed by atoms with Crippen molar-refractivity contribution in [3.05, 3.63) is 81.1 Å². The molecule has 1 atom stereocenters. The molecule has 3 aromatic rings. The van der Waals surface area contributed by atoms with Gasteiger partial charge in [-0.1, -0.05) is 41.9 Å². The molecule has 4 rings (SSSR count). The normalized spacial score (nSPS) is 16.8. The number of hydrogen-bond donors (Lipinski definition) is 0. The zero-order chi connectivity index (χ0) is 13.7. The number of halogens is 1. The van der Waals surface area contributed by atoms with Gasteiger partial charge in [0.05, 0.1) is 5.52 Å². The first-order valence-corrected chi connectivity index (χ1v) is 7.00. The topological polar surface area (TPSA) is 22.0 Å². The van der Waals surface area contributed by atoms with Gasteiger partial charge in [-0.15, -0.1) is 0 Å². The van der Waals surface area contributed by atoms with Crippen molar-refractivity contribution in [2.24, 2.45) is 0 Å². The van der Waals surface area contributed by atoms with Gasteiger partial charge in [0.25, 0.3) is 5.56 Å². The van der Waals surface area contributed by atoms with Gasteiger partial charge < -0.3 is 4.57 Å². The van der Waals surface area contributed by atoms with E-state index >= 15 is 0 Å². The number of para-hydroxylation sites is 1. The third-order valence-electron chi connectivity index (χ3n) is 4.03. The van der Waals surface area contributed by atoms with E-state index < -0.39 is 0 Å². The van der Waals surface area contributed by atoms with E-state index in [1.165, 1.54) is 5.56 Å². The van der Waals surface area contributed by atoms with Gasteiger partial charge >= 0.3 is 0 Å². The summed E-state index contributed by atoms with van der Waals surface area (Å²) in [5, 5.41) is 1.85. The first kappa shape index (κ1) is 11.7. The van der Waals surface area contributed by atoms with Gasteiger partial charge in [-0.2, -0.15) is 0 Å². The van der Waals surface area contributed by atoms with Crippen LogP contribution in [0.5, 0.6) is 0 Å². The molecule has 0 radical (unpaired) electrons. The summed E-state index contributed by atoms with van der Waals surface area (Å²) in [5.74, 6) is 0.201. The number of pyridine rings is 1. The minimum Gasteiger partial charge on any atom is -0.307 e. The first-order valence-electron chi connectivity index (χ1n) is 6.62. The first-order chi connectivity index (χ1) is 9.74. The van der Waals surface area contributed by atoms with Crippen LogP contribution in [-0.4, -0.2) is 4.57 Å². The van der Waals surface area contributed by atoms with Crippen LogP contribution in [0.4, 0.5) is 0 Å². The van der Waals surface area contributed by atoms with Crippen LogP contribution in [0.15, 0.2) is 59.4 Å². The van der Waals surface area contributed by atoms with Crippen molar-refractivity contribution in [3.8, 4) is 0 Å². The van der Waals surface area contributed by atoms with E-state index in [1.54, 1.807) is 6.07 Å². The summed E-state index contributed by atoms with van der Waals surface area (Å²) in [6.07, 6.45) is 0. The molecule has 0 spiro atoms. The fourth-order valence-corrected chi connectivity index (χ4v) is 3.34. The highest BCUT2D eigenvalue weighted by Crippen LogP contribution is 2.37. The molecule has 0 saturated carbocycles. The van der Waals surface area contributed by atoms with E-state index in [4.69, 9.17) is 11.6 Å². The van der Waals surface area contributed by atoms with E-state index in [1.807, 2.05) is 28.8 Å². The molecule has 0 amide bonds. The molecule has 1 aromatic heterocycles. The average Bonchev–Trinajstić information content (AvgIpc) is 2.85. The Balaban J connectivity index is 1.99. The lowest BCUT2D eigenvalue weighted by Gasteiger charge is -2.11. The average molecular weight is 282 g/mol. The molecule has 0 fully saturated rings. The van der Waals surface area contributed by atoms with E-state index in [0.29, 0.717) is 6.54 Å². The molecule has 1 aliphatic heterocycles. The van der Waals surface area contributed by atoms with Crippen LogP contribution >= 0.6 is 11.6 Å². The standard InChI is InChI=1S/C17H12ClNO/c18-13-5-1-4-12(9-13)15-10-19-16(20)8-7-11-3-2-6-14(15)17(11)19/h1-9,15H,10H2. The number of rotatable bonds is 1. The van der Waals surface area contributed by atoms with Crippen molar-refractivity contribution in [1.82, 2.24) is 4.57 Å². The zero-order valence-electron chi connectivity index (χ0n) is 10.7. The van der Waals surface area contributed by atoms with E-state index in [0.717, 1.165) is 21.5 Å². The summed E-state index contributed by atoms with van der Waals surface area (Å²) in [6, 6.07) is 17.7. The maximum Gasteiger partial charge on any atom is 0.251 e. The van der Waals surface area contributed by atoms with Crippen LogP contribution in [0.3, 0.4) is 0 Å². The van der Waals surface area contributed by atoms with Crippen molar-refractivity contribution >= 4 is 22.5 Å². The molecule has 3 heteroatoms. The lowest BCUT2D eigenvalue weighted by molar-refractivity contribution is 0.670. The fraction of sp³-hybridized carbons (Fsp3) is 0.118. The molecule has 98 valence electrons. The summed E-state index contributed by atoms with van der Waals surface area (Å²) < 4.78 is 1.87. The van der Waals surface area contributed by atoms with Crippen LogP contribution in [0, 0.1) is 0 Å². The highest BCUT2D eigenvalue weighted by atomic mass is 35.5. The molecule has 0 bridgehead atoms. The quantitative estimate of drug-likeness (QED) is 0.665. The van der Waals surface area contributed by atoms with Crippen molar-refractivity contribution in [2.45, 2.75) is 12.5 Å². The Morgan fingerprint density at radius 2 is 1.90 bits per heavy atom.